The number of aromatic nitrogens is 3. The second kappa shape index (κ2) is 4.64. The molecular formula is C12H13N5O2S. The van der Waals surface area contributed by atoms with Crippen LogP contribution in [0, 0.1) is 6.92 Å². The first-order valence-corrected chi connectivity index (χ1v) is 6.79. The molecule has 8 heteroatoms. The number of hydrogen-bond donors (Lipinski definition) is 2. The molecule has 0 unspecified atom stereocenters. The predicted molar refractivity (Wildman–Crippen MR) is 75.4 cm³/mol. The molecule has 3 heterocycles. The van der Waals surface area contributed by atoms with E-state index >= 15 is 0 Å². The summed E-state index contributed by atoms with van der Waals surface area (Å²) in [5.74, 6) is 0.371. The van der Waals surface area contributed by atoms with Crippen LogP contribution >= 0.6 is 11.3 Å². The van der Waals surface area contributed by atoms with E-state index in [1.807, 2.05) is 14.0 Å². The van der Waals surface area contributed by atoms with Gasteiger partial charge in [0.15, 0.2) is 5.76 Å². The van der Waals surface area contributed by atoms with Crippen molar-refractivity contribution in [1.82, 2.24) is 20.3 Å². The molecule has 3 aromatic heterocycles. The van der Waals surface area contributed by atoms with Crippen molar-refractivity contribution in [2.45, 2.75) is 13.5 Å². The van der Waals surface area contributed by atoms with E-state index in [1.165, 1.54) is 17.5 Å². The monoisotopic (exact) mass is 291 g/mol. The standard InChI is InChI=1S/C12H13N5O2S/c1-6-8-9(13)10(20-12(8)17(2)16-6)11(18)14-5-7-3-4-15-19-7/h3-4H,5,13H2,1-2H3,(H,14,18). The van der Waals surface area contributed by atoms with E-state index in [2.05, 4.69) is 15.6 Å². The van der Waals surface area contributed by atoms with Gasteiger partial charge in [0.1, 0.15) is 9.71 Å². The number of fused-ring (bicyclic) bond motifs is 1. The highest BCUT2D eigenvalue weighted by Gasteiger charge is 2.20. The van der Waals surface area contributed by atoms with Gasteiger partial charge in [-0.1, -0.05) is 5.16 Å². The Balaban J connectivity index is 1.88. The molecule has 3 aromatic rings. The van der Waals surface area contributed by atoms with Gasteiger partial charge in [-0.15, -0.1) is 11.3 Å². The van der Waals surface area contributed by atoms with Crippen molar-refractivity contribution in [3.05, 3.63) is 28.6 Å². The molecule has 0 bridgehead atoms. The first kappa shape index (κ1) is 12.7. The van der Waals surface area contributed by atoms with Crippen LogP contribution in [0.2, 0.25) is 0 Å². The third kappa shape index (κ3) is 1.94. The number of rotatable bonds is 3. The molecule has 0 saturated heterocycles. The number of nitrogen functional groups attached to an aromatic ring is 1. The fraction of sp³-hybridized carbons (Fsp3) is 0.250. The van der Waals surface area contributed by atoms with Gasteiger partial charge >= 0.3 is 0 Å². The van der Waals surface area contributed by atoms with E-state index in [0.29, 0.717) is 16.3 Å². The van der Waals surface area contributed by atoms with Crippen LogP contribution in [0.3, 0.4) is 0 Å². The summed E-state index contributed by atoms with van der Waals surface area (Å²) < 4.78 is 6.66. The molecule has 0 spiro atoms. The summed E-state index contributed by atoms with van der Waals surface area (Å²) in [4.78, 5) is 13.6. The lowest BCUT2D eigenvalue weighted by Crippen LogP contribution is -2.22. The van der Waals surface area contributed by atoms with Gasteiger partial charge in [-0.25, -0.2) is 0 Å². The zero-order valence-electron chi connectivity index (χ0n) is 11.0. The molecule has 0 aliphatic carbocycles. The molecule has 0 radical (unpaired) electrons. The van der Waals surface area contributed by atoms with Crippen LogP contribution < -0.4 is 11.1 Å². The lowest BCUT2D eigenvalue weighted by Gasteiger charge is -2.01. The molecule has 0 atom stereocenters. The second-order valence-corrected chi connectivity index (χ2v) is 5.39. The van der Waals surface area contributed by atoms with Crippen LogP contribution in [0.4, 0.5) is 5.69 Å². The van der Waals surface area contributed by atoms with Gasteiger partial charge in [0.2, 0.25) is 0 Å². The molecule has 3 rings (SSSR count). The van der Waals surface area contributed by atoms with Crippen molar-refractivity contribution in [2.24, 2.45) is 7.05 Å². The van der Waals surface area contributed by atoms with E-state index < -0.39 is 0 Å². The van der Waals surface area contributed by atoms with Crippen LogP contribution in [-0.4, -0.2) is 20.8 Å². The van der Waals surface area contributed by atoms with Crippen LogP contribution in [0.1, 0.15) is 21.1 Å². The van der Waals surface area contributed by atoms with E-state index in [4.69, 9.17) is 10.3 Å². The number of thiophene rings is 1. The lowest BCUT2D eigenvalue weighted by atomic mass is 10.2. The number of amides is 1. The zero-order chi connectivity index (χ0) is 14.3. The highest BCUT2D eigenvalue weighted by Crippen LogP contribution is 2.35. The van der Waals surface area contributed by atoms with Crippen molar-refractivity contribution in [3.63, 3.8) is 0 Å². The zero-order valence-corrected chi connectivity index (χ0v) is 11.8. The Bertz CT molecular complexity index is 772. The lowest BCUT2D eigenvalue weighted by molar-refractivity contribution is 0.0952. The number of nitrogens with two attached hydrogens (primary N) is 1. The summed E-state index contributed by atoms with van der Waals surface area (Å²) >= 11 is 1.33. The van der Waals surface area contributed by atoms with Gasteiger partial charge < -0.3 is 15.6 Å². The number of aryl methyl sites for hydroxylation is 2. The van der Waals surface area contributed by atoms with Gasteiger partial charge in [0.05, 0.1) is 29.5 Å². The Morgan fingerprint density at radius 3 is 3.05 bits per heavy atom. The maximum Gasteiger partial charge on any atom is 0.263 e. The number of carbonyl (C=O) groups is 1. The van der Waals surface area contributed by atoms with Crippen molar-refractivity contribution in [1.29, 1.82) is 0 Å². The summed E-state index contributed by atoms with van der Waals surface area (Å²) in [6.07, 6.45) is 1.53. The fourth-order valence-electron chi connectivity index (χ4n) is 2.08. The topological polar surface area (TPSA) is 99.0 Å². The number of carbonyl (C=O) groups excluding carboxylic acids is 1. The minimum Gasteiger partial charge on any atom is -0.397 e. The summed E-state index contributed by atoms with van der Waals surface area (Å²) in [5, 5.41) is 11.5. The predicted octanol–water partition coefficient (Wildman–Crippen LogP) is 1.44. The van der Waals surface area contributed by atoms with E-state index in [1.54, 1.807) is 10.7 Å². The number of hydrogen-bond acceptors (Lipinski definition) is 6. The number of nitrogens with zero attached hydrogens (tertiary/aromatic N) is 3. The van der Waals surface area contributed by atoms with E-state index in [-0.39, 0.29) is 12.5 Å². The average Bonchev–Trinajstić information content (AvgIpc) is 3.08. The maximum atomic E-state index is 12.2. The van der Waals surface area contributed by atoms with E-state index in [9.17, 15) is 4.79 Å². The van der Waals surface area contributed by atoms with Crippen LogP contribution in [-0.2, 0) is 13.6 Å². The highest BCUT2D eigenvalue weighted by molar-refractivity contribution is 7.21. The normalized spacial score (nSPS) is 11.1. The molecule has 20 heavy (non-hydrogen) atoms. The van der Waals surface area contributed by atoms with Gasteiger partial charge in [-0.2, -0.15) is 5.10 Å². The van der Waals surface area contributed by atoms with Gasteiger partial charge in [0.25, 0.3) is 5.91 Å². The molecular weight excluding hydrogens is 278 g/mol. The Labute approximate surface area is 118 Å². The summed E-state index contributed by atoms with van der Waals surface area (Å²) in [6.45, 7) is 2.16. The third-order valence-electron chi connectivity index (χ3n) is 3.00. The summed E-state index contributed by atoms with van der Waals surface area (Å²) in [5.41, 5.74) is 7.37. The smallest absolute Gasteiger partial charge is 0.263 e. The third-order valence-corrected chi connectivity index (χ3v) is 4.27. The van der Waals surface area contributed by atoms with Crippen LogP contribution in [0.15, 0.2) is 16.8 Å². The molecule has 1 amide bonds. The largest absolute Gasteiger partial charge is 0.397 e. The molecule has 3 N–H and O–H groups in total. The summed E-state index contributed by atoms with van der Waals surface area (Å²) in [6, 6.07) is 1.70. The molecule has 7 nitrogen and oxygen atoms in total. The molecule has 0 aliphatic rings. The Hall–Kier alpha value is -2.35. The van der Waals surface area contributed by atoms with Crippen molar-refractivity contribution >= 4 is 33.1 Å². The highest BCUT2D eigenvalue weighted by atomic mass is 32.1. The SMILES string of the molecule is Cc1nn(C)c2sc(C(=O)NCc3ccno3)c(N)c12. The first-order chi connectivity index (χ1) is 9.58. The molecule has 0 aliphatic heterocycles. The molecule has 0 fully saturated rings. The minimum absolute atomic E-state index is 0.223. The van der Waals surface area contributed by atoms with Crippen LogP contribution in [0.25, 0.3) is 10.2 Å². The Kier molecular flexibility index (Phi) is 2.94. The summed E-state index contributed by atoms with van der Waals surface area (Å²) in [7, 11) is 1.83. The van der Waals surface area contributed by atoms with Gasteiger partial charge in [-0.05, 0) is 6.92 Å². The first-order valence-electron chi connectivity index (χ1n) is 5.97. The van der Waals surface area contributed by atoms with Crippen molar-refractivity contribution in [2.75, 3.05) is 5.73 Å². The minimum atomic E-state index is -0.223. The van der Waals surface area contributed by atoms with Gasteiger partial charge in [0, 0.05) is 13.1 Å². The Morgan fingerprint density at radius 2 is 2.40 bits per heavy atom. The van der Waals surface area contributed by atoms with Crippen molar-refractivity contribution < 1.29 is 9.32 Å². The van der Waals surface area contributed by atoms with Crippen LogP contribution in [0.5, 0.6) is 0 Å². The average molecular weight is 291 g/mol. The fourth-order valence-corrected chi connectivity index (χ4v) is 3.18. The molecule has 0 aromatic carbocycles. The Morgan fingerprint density at radius 1 is 1.60 bits per heavy atom. The van der Waals surface area contributed by atoms with Gasteiger partial charge in [-0.3, -0.25) is 9.48 Å². The number of nitrogens with one attached hydrogen (secondary N) is 1. The quantitative estimate of drug-likeness (QED) is 0.760. The second-order valence-electron chi connectivity index (χ2n) is 4.40. The molecule has 0 saturated carbocycles. The van der Waals surface area contributed by atoms with Crippen molar-refractivity contribution in [3.8, 4) is 0 Å². The molecule has 104 valence electrons. The maximum absolute atomic E-state index is 12.2. The van der Waals surface area contributed by atoms with E-state index in [0.717, 1.165) is 15.9 Å². The number of anilines is 1.